The molecule has 0 aliphatic carbocycles. The molecule has 0 saturated carbocycles. The maximum absolute atomic E-state index is 11.8. The lowest BCUT2D eigenvalue weighted by molar-refractivity contribution is 0.0600. The standard InChI is InChI=1S/C12H13NO3/c1-16-12(15)9-4-2-8(3-5-9)11(14)10-6-13-7-10/h2-5,10,13H,6-7H2,1H3. The molecule has 16 heavy (non-hydrogen) atoms. The van der Waals surface area contributed by atoms with Crippen LogP contribution in [0.3, 0.4) is 0 Å². The Balaban J connectivity index is 2.12. The second-order valence-electron chi connectivity index (χ2n) is 3.79. The van der Waals surface area contributed by atoms with Crippen molar-refractivity contribution < 1.29 is 14.3 Å². The van der Waals surface area contributed by atoms with Gasteiger partial charge in [0.1, 0.15) is 0 Å². The number of nitrogens with one attached hydrogen (secondary N) is 1. The molecule has 1 N–H and O–H groups in total. The van der Waals surface area contributed by atoms with Gasteiger partial charge in [0, 0.05) is 24.6 Å². The summed E-state index contributed by atoms with van der Waals surface area (Å²) in [5, 5.41) is 3.06. The number of ketones is 1. The van der Waals surface area contributed by atoms with Crippen molar-refractivity contribution in [3.63, 3.8) is 0 Å². The Hall–Kier alpha value is -1.68. The Morgan fingerprint density at radius 1 is 1.19 bits per heavy atom. The highest BCUT2D eigenvalue weighted by molar-refractivity contribution is 5.99. The van der Waals surface area contributed by atoms with Gasteiger partial charge >= 0.3 is 5.97 Å². The highest BCUT2D eigenvalue weighted by atomic mass is 16.5. The van der Waals surface area contributed by atoms with E-state index in [0.717, 1.165) is 13.1 Å². The van der Waals surface area contributed by atoms with Gasteiger partial charge in [-0.15, -0.1) is 0 Å². The Kier molecular flexibility index (Phi) is 3.01. The van der Waals surface area contributed by atoms with Crippen LogP contribution in [0.15, 0.2) is 24.3 Å². The highest BCUT2D eigenvalue weighted by Crippen LogP contribution is 2.14. The third-order valence-corrected chi connectivity index (χ3v) is 2.74. The van der Waals surface area contributed by atoms with Gasteiger partial charge < -0.3 is 10.1 Å². The van der Waals surface area contributed by atoms with Gasteiger partial charge in [0.05, 0.1) is 12.7 Å². The summed E-state index contributed by atoms with van der Waals surface area (Å²) in [6.45, 7) is 1.50. The number of rotatable bonds is 3. The smallest absolute Gasteiger partial charge is 0.337 e. The number of hydrogen-bond donors (Lipinski definition) is 1. The average molecular weight is 219 g/mol. The second kappa shape index (κ2) is 4.45. The molecule has 0 aromatic heterocycles. The largest absolute Gasteiger partial charge is 0.465 e. The number of benzene rings is 1. The van der Waals surface area contributed by atoms with E-state index in [2.05, 4.69) is 10.1 Å². The molecule has 1 aliphatic heterocycles. The Morgan fingerprint density at radius 2 is 1.75 bits per heavy atom. The van der Waals surface area contributed by atoms with Crippen molar-refractivity contribution in [2.24, 2.45) is 5.92 Å². The molecule has 1 saturated heterocycles. The molecule has 0 unspecified atom stereocenters. The van der Waals surface area contributed by atoms with Crippen LogP contribution in [0.25, 0.3) is 0 Å². The predicted octanol–water partition coefficient (Wildman–Crippen LogP) is 0.875. The Labute approximate surface area is 93.6 Å². The molecule has 84 valence electrons. The summed E-state index contributed by atoms with van der Waals surface area (Å²) in [6.07, 6.45) is 0. The SMILES string of the molecule is COC(=O)c1ccc(C(=O)C2CNC2)cc1. The Morgan fingerprint density at radius 3 is 2.19 bits per heavy atom. The molecule has 0 bridgehead atoms. The molecule has 0 spiro atoms. The first-order valence-electron chi connectivity index (χ1n) is 5.15. The van der Waals surface area contributed by atoms with Crippen LogP contribution in [0.1, 0.15) is 20.7 Å². The first-order valence-corrected chi connectivity index (χ1v) is 5.15. The van der Waals surface area contributed by atoms with Crippen molar-refractivity contribution in [2.75, 3.05) is 20.2 Å². The average Bonchev–Trinajstić information content (AvgIpc) is 2.26. The summed E-state index contributed by atoms with van der Waals surface area (Å²) in [7, 11) is 1.33. The van der Waals surface area contributed by atoms with E-state index in [0.29, 0.717) is 11.1 Å². The van der Waals surface area contributed by atoms with E-state index in [1.165, 1.54) is 7.11 Å². The summed E-state index contributed by atoms with van der Waals surface area (Å²) in [6, 6.07) is 6.58. The molecule has 4 nitrogen and oxygen atoms in total. The lowest BCUT2D eigenvalue weighted by Gasteiger charge is -2.25. The number of carbonyl (C=O) groups is 2. The van der Waals surface area contributed by atoms with Gasteiger partial charge in [0.2, 0.25) is 0 Å². The van der Waals surface area contributed by atoms with Gasteiger partial charge in [-0.2, -0.15) is 0 Å². The number of methoxy groups -OCH3 is 1. The molecular weight excluding hydrogens is 206 g/mol. The lowest BCUT2D eigenvalue weighted by Crippen LogP contribution is -2.46. The quantitative estimate of drug-likeness (QED) is 0.605. The highest BCUT2D eigenvalue weighted by Gasteiger charge is 2.25. The minimum absolute atomic E-state index is 0.0870. The summed E-state index contributed by atoms with van der Waals surface area (Å²) in [5.74, 6) is -0.163. The number of Topliss-reactive ketones (excluding diaryl/α,β-unsaturated/α-hetero) is 1. The number of carbonyl (C=O) groups excluding carboxylic acids is 2. The lowest BCUT2D eigenvalue weighted by atomic mass is 9.92. The van der Waals surface area contributed by atoms with Crippen LogP contribution >= 0.6 is 0 Å². The van der Waals surface area contributed by atoms with Crippen molar-refractivity contribution in [1.29, 1.82) is 0 Å². The van der Waals surface area contributed by atoms with E-state index in [1.54, 1.807) is 24.3 Å². The van der Waals surface area contributed by atoms with Gasteiger partial charge in [-0.3, -0.25) is 4.79 Å². The van der Waals surface area contributed by atoms with E-state index in [9.17, 15) is 9.59 Å². The Bertz CT molecular complexity index is 407. The van der Waals surface area contributed by atoms with Crippen LogP contribution in [-0.2, 0) is 4.74 Å². The zero-order valence-electron chi connectivity index (χ0n) is 9.03. The molecule has 1 heterocycles. The van der Waals surface area contributed by atoms with Crippen molar-refractivity contribution in [2.45, 2.75) is 0 Å². The van der Waals surface area contributed by atoms with E-state index >= 15 is 0 Å². The summed E-state index contributed by atoms with van der Waals surface area (Å²) < 4.78 is 4.58. The van der Waals surface area contributed by atoms with Crippen molar-refractivity contribution in [3.05, 3.63) is 35.4 Å². The number of ether oxygens (including phenoxy) is 1. The molecule has 0 atom stereocenters. The summed E-state index contributed by atoms with van der Waals surface area (Å²) >= 11 is 0. The maximum atomic E-state index is 11.8. The zero-order chi connectivity index (χ0) is 11.5. The molecule has 1 fully saturated rings. The molecule has 1 aliphatic rings. The fourth-order valence-corrected chi connectivity index (χ4v) is 1.60. The van der Waals surface area contributed by atoms with E-state index < -0.39 is 0 Å². The molecule has 4 heteroatoms. The van der Waals surface area contributed by atoms with Gasteiger partial charge in [0.25, 0.3) is 0 Å². The summed E-state index contributed by atoms with van der Waals surface area (Å²) in [4.78, 5) is 23.0. The third kappa shape index (κ3) is 1.97. The molecular formula is C12H13NO3. The van der Waals surface area contributed by atoms with Gasteiger partial charge in [0.15, 0.2) is 5.78 Å². The molecule has 1 aromatic rings. The van der Waals surface area contributed by atoms with E-state index in [1.807, 2.05) is 0 Å². The first kappa shape index (κ1) is 10.8. The second-order valence-corrected chi connectivity index (χ2v) is 3.79. The van der Waals surface area contributed by atoms with Crippen molar-refractivity contribution in [3.8, 4) is 0 Å². The van der Waals surface area contributed by atoms with Crippen molar-refractivity contribution in [1.82, 2.24) is 5.32 Å². The normalized spacial score (nSPS) is 15.3. The van der Waals surface area contributed by atoms with Gasteiger partial charge in [-0.25, -0.2) is 4.79 Å². The molecule has 0 amide bonds. The van der Waals surface area contributed by atoms with E-state index in [4.69, 9.17) is 0 Å². The number of hydrogen-bond acceptors (Lipinski definition) is 4. The van der Waals surface area contributed by atoms with Crippen LogP contribution in [-0.4, -0.2) is 32.0 Å². The minimum Gasteiger partial charge on any atom is -0.465 e. The van der Waals surface area contributed by atoms with E-state index in [-0.39, 0.29) is 17.7 Å². The van der Waals surface area contributed by atoms with Gasteiger partial charge in [-0.05, 0) is 12.1 Å². The monoisotopic (exact) mass is 219 g/mol. The topological polar surface area (TPSA) is 55.4 Å². The molecule has 2 rings (SSSR count). The van der Waals surface area contributed by atoms with Crippen LogP contribution in [0.2, 0.25) is 0 Å². The third-order valence-electron chi connectivity index (χ3n) is 2.74. The molecule has 0 radical (unpaired) electrons. The first-order chi connectivity index (χ1) is 7.72. The van der Waals surface area contributed by atoms with Crippen LogP contribution < -0.4 is 5.32 Å². The summed E-state index contributed by atoms with van der Waals surface area (Å²) in [5.41, 5.74) is 1.12. The number of esters is 1. The van der Waals surface area contributed by atoms with Crippen LogP contribution in [0.4, 0.5) is 0 Å². The predicted molar refractivity (Wildman–Crippen MR) is 58.5 cm³/mol. The van der Waals surface area contributed by atoms with Crippen LogP contribution in [0.5, 0.6) is 0 Å². The fraction of sp³-hybridized carbons (Fsp3) is 0.333. The minimum atomic E-state index is -0.385. The van der Waals surface area contributed by atoms with Crippen LogP contribution in [0, 0.1) is 5.92 Å². The zero-order valence-corrected chi connectivity index (χ0v) is 9.03. The maximum Gasteiger partial charge on any atom is 0.337 e. The van der Waals surface area contributed by atoms with Crippen molar-refractivity contribution >= 4 is 11.8 Å². The fourth-order valence-electron chi connectivity index (χ4n) is 1.60. The van der Waals surface area contributed by atoms with Gasteiger partial charge in [-0.1, -0.05) is 12.1 Å². The molecule has 1 aromatic carbocycles.